The molecule has 1 spiro atoms. The van der Waals surface area contributed by atoms with Crippen LogP contribution in [0.3, 0.4) is 0 Å². The van der Waals surface area contributed by atoms with Crippen LogP contribution < -0.4 is 10.7 Å². The van der Waals surface area contributed by atoms with Gasteiger partial charge in [-0.3, -0.25) is 15.0 Å². The Morgan fingerprint density at radius 3 is 2.38 bits per heavy atom. The van der Waals surface area contributed by atoms with Gasteiger partial charge in [0.15, 0.2) is 0 Å². The zero-order valence-corrected chi connectivity index (χ0v) is 16.3. The van der Waals surface area contributed by atoms with Crippen molar-refractivity contribution in [3.8, 4) is 0 Å². The minimum Gasteiger partial charge on any atom is -0.322 e. The van der Waals surface area contributed by atoms with E-state index in [2.05, 4.69) is 22.9 Å². The number of carbonyl (C=O) groups is 3. The molecule has 1 aromatic rings. The van der Waals surface area contributed by atoms with E-state index in [9.17, 15) is 14.4 Å². The summed E-state index contributed by atoms with van der Waals surface area (Å²) < 4.78 is 0. The Morgan fingerprint density at radius 1 is 1.15 bits per heavy atom. The maximum atomic E-state index is 12.7. The summed E-state index contributed by atoms with van der Waals surface area (Å²) in [7, 11) is 0. The second kappa shape index (κ2) is 7.31. The Hall–Kier alpha value is -2.02. The molecular weight excluding hydrogens is 350 g/mol. The molecule has 2 aliphatic rings. The molecule has 2 fully saturated rings. The molecule has 6 nitrogen and oxygen atoms in total. The second-order valence-electron chi connectivity index (χ2n) is 7.26. The van der Waals surface area contributed by atoms with Crippen LogP contribution in [0.2, 0.25) is 0 Å². The summed E-state index contributed by atoms with van der Waals surface area (Å²) in [6.45, 7) is 6.08. The van der Waals surface area contributed by atoms with Crippen LogP contribution in [0.4, 0.5) is 4.79 Å². The lowest BCUT2D eigenvalue weighted by Gasteiger charge is -2.30. The first-order valence-corrected chi connectivity index (χ1v) is 9.98. The molecule has 1 saturated carbocycles. The number of rotatable bonds is 4. The van der Waals surface area contributed by atoms with Crippen molar-refractivity contribution in [2.75, 3.05) is 5.75 Å². The topological polar surface area (TPSA) is 78.5 Å². The third kappa shape index (κ3) is 3.58. The SMILES string of the molecule is Cc1cc(C)c(SCC(=O)NN2C(=O)NC3(CCCCC3)C2=O)c(C)c1. The summed E-state index contributed by atoms with van der Waals surface area (Å²) in [5.41, 5.74) is 5.09. The number of amides is 4. The Labute approximate surface area is 158 Å². The van der Waals surface area contributed by atoms with E-state index in [1.54, 1.807) is 0 Å². The van der Waals surface area contributed by atoms with Crippen LogP contribution in [0.5, 0.6) is 0 Å². The van der Waals surface area contributed by atoms with Crippen molar-refractivity contribution < 1.29 is 14.4 Å². The number of carbonyl (C=O) groups excluding carboxylic acids is 3. The number of nitrogens with zero attached hydrogens (tertiary/aromatic N) is 1. The Kier molecular flexibility index (Phi) is 5.27. The highest BCUT2D eigenvalue weighted by Crippen LogP contribution is 2.33. The molecule has 0 unspecified atom stereocenters. The number of benzene rings is 1. The fourth-order valence-electron chi connectivity index (χ4n) is 3.91. The maximum absolute atomic E-state index is 12.7. The molecule has 1 aliphatic carbocycles. The van der Waals surface area contributed by atoms with E-state index in [1.807, 2.05) is 20.8 Å². The van der Waals surface area contributed by atoms with E-state index in [0.717, 1.165) is 40.3 Å². The molecule has 0 radical (unpaired) electrons. The highest BCUT2D eigenvalue weighted by atomic mass is 32.2. The number of imide groups is 1. The first-order chi connectivity index (χ1) is 12.3. The normalized spacial score (nSPS) is 19.0. The zero-order chi connectivity index (χ0) is 18.9. The number of hydrazine groups is 1. The van der Waals surface area contributed by atoms with E-state index in [1.165, 1.54) is 17.3 Å². The molecule has 0 aromatic heterocycles. The lowest BCUT2D eigenvalue weighted by atomic mass is 9.82. The molecule has 7 heteroatoms. The fraction of sp³-hybridized carbons (Fsp3) is 0.526. The van der Waals surface area contributed by atoms with E-state index >= 15 is 0 Å². The molecule has 1 aliphatic heterocycles. The number of thioether (sulfide) groups is 1. The highest BCUT2D eigenvalue weighted by molar-refractivity contribution is 8.00. The lowest BCUT2D eigenvalue weighted by Crippen LogP contribution is -2.51. The van der Waals surface area contributed by atoms with Crippen LogP contribution in [-0.2, 0) is 9.59 Å². The van der Waals surface area contributed by atoms with Crippen molar-refractivity contribution in [2.24, 2.45) is 0 Å². The van der Waals surface area contributed by atoms with Gasteiger partial charge >= 0.3 is 6.03 Å². The highest BCUT2D eigenvalue weighted by Gasteiger charge is 2.52. The molecule has 2 N–H and O–H groups in total. The standard InChI is InChI=1S/C19H25N3O3S/c1-12-9-13(2)16(14(3)10-12)26-11-15(23)21-22-17(24)19(20-18(22)25)7-5-4-6-8-19/h9-10H,4-8,11H2,1-3H3,(H,20,25)(H,21,23). The largest absolute Gasteiger partial charge is 0.344 e. The molecule has 140 valence electrons. The lowest BCUT2D eigenvalue weighted by molar-refractivity contribution is -0.139. The van der Waals surface area contributed by atoms with Crippen molar-refractivity contribution >= 4 is 29.6 Å². The number of aryl methyl sites for hydroxylation is 3. The fourth-order valence-corrected chi connectivity index (χ4v) is 4.82. The van der Waals surface area contributed by atoms with E-state index in [4.69, 9.17) is 0 Å². The summed E-state index contributed by atoms with van der Waals surface area (Å²) in [5, 5.41) is 3.65. The number of nitrogens with one attached hydrogen (secondary N) is 2. The van der Waals surface area contributed by atoms with Gasteiger partial charge in [0.25, 0.3) is 5.91 Å². The molecular formula is C19H25N3O3S. The van der Waals surface area contributed by atoms with E-state index < -0.39 is 11.6 Å². The molecule has 1 saturated heterocycles. The first kappa shape index (κ1) is 18.8. The smallest absolute Gasteiger partial charge is 0.322 e. The van der Waals surface area contributed by atoms with Crippen molar-refractivity contribution in [1.82, 2.24) is 15.8 Å². The Balaban J connectivity index is 1.62. The molecule has 4 amide bonds. The van der Waals surface area contributed by atoms with Gasteiger partial charge in [-0.05, 0) is 44.7 Å². The predicted molar refractivity (Wildman–Crippen MR) is 101 cm³/mol. The summed E-state index contributed by atoms with van der Waals surface area (Å²) in [4.78, 5) is 38.2. The Morgan fingerprint density at radius 2 is 1.77 bits per heavy atom. The van der Waals surface area contributed by atoms with Gasteiger partial charge < -0.3 is 5.32 Å². The summed E-state index contributed by atoms with van der Waals surface area (Å²) in [6, 6.07) is 3.63. The average molecular weight is 375 g/mol. The molecule has 26 heavy (non-hydrogen) atoms. The average Bonchev–Trinajstić information content (AvgIpc) is 2.79. The summed E-state index contributed by atoms with van der Waals surface area (Å²) in [5.74, 6) is -0.539. The summed E-state index contributed by atoms with van der Waals surface area (Å²) in [6.07, 6.45) is 4.18. The third-order valence-corrected chi connectivity index (χ3v) is 6.40. The van der Waals surface area contributed by atoms with Crippen LogP contribution in [0, 0.1) is 20.8 Å². The maximum Gasteiger partial charge on any atom is 0.344 e. The monoisotopic (exact) mass is 375 g/mol. The van der Waals surface area contributed by atoms with Gasteiger partial charge in [-0.15, -0.1) is 11.8 Å². The molecule has 1 heterocycles. The van der Waals surface area contributed by atoms with Crippen LogP contribution in [0.25, 0.3) is 0 Å². The number of hydrogen-bond donors (Lipinski definition) is 2. The molecule has 1 aromatic carbocycles. The van der Waals surface area contributed by atoms with Gasteiger partial charge in [0.2, 0.25) is 5.91 Å². The van der Waals surface area contributed by atoms with Crippen LogP contribution in [-0.4, -0.2) is 34.1 Å². The second-order valence-corrected chi connectivity index (χ2v) is 8.25. The van der Waals surface area contributed by atoms with Crippen LogP contribution in [0.1, 0.15) is 48.8 Å². The van der Waals surface area contributed by atoms with Crippen molar-refractivity contribution in [3.63, 3.8) is 0 Å². The van der Waals surface area contributed by atoms with Crippen LogP contribution in [0.15, 0.2) is 17.0 Å². The summed E-state index contributed by atoms with van der Waals surface area (Å²) >= 11 is 1.42. The van der Waals surface area contributed by atoms with Gasteiger partial charge in [-0.1, -0.05) is 37.0 Å². The molecule has 0 bridgehead atoms. The van der Waals surface area contributed by atoms with Crippen LogP contribution >= 0.6 is 11.8 Å². The third-order valence-electron chi connectivity index (χ3n) is 5.06. The van der Waals surface area contributed by atoms with Gasteiger partial charge in [0, 0.05) is 4.90 Å². The number of urea groups is 1. The molecule has 0 atom stereocenters. The minimum absolute atomic E-state index is 0.148. The predicted octanol–water partition coefficient (Wildman–Crippen LogP) is 2.99. The van der Waals surface area contributed by atoms with Crippen molar-refractivity contribution in [1.29, 1.82) is 0 Å². The zero-order valence-electron chi connectivity index (χ0n) is 15.5. The minimum atomic E-state index is -0.820. The first-order valence-electron chi connectivity index (χ1n) is 8.99. The van der Waals surface area contributed by atoms with E-state index in [0.29, 0.717) is 12.8 Å². The van der Waals surface area contributed by atoms with Gasteiger partial charge in [-0.25, -0.2) is 4.79 Å². The van der Waals surface area contributed by atoms with Gasteiger partial charge in [0.05, 0.1) is 5.75 Å². The molecule has 3 rings (SSSR count). The van der Waals surface area contributed by atoms with Gasteiger partial charge in [0.1, 0.15) is 5.54 Å². The quantitative estimate of drug-likeness (QED) is 0.626. The van der Waals surface area contributed by atoms with Gasteiger partial charge in [-0.2, -0.15) is 5.01 Å². The van der Waals surface area contributed by atoms with Crippen molar-refractivity contribution in [2.45, 2.75) is 63.3 Å². The Bertz CT molecular complexity index is 733. The number of hydrogen-bond acceptors (Lipinski definition) is 4. The van der Waals surface area contributed by atoms with E-state index in [-0.39, 0.29) is 17.6 Å². The van der Waals surface area contributed by atoms with Crippen molar-refractivity contribution in [3.05, 3.63) is 28.8 Å².